The minimum atomic E-state index is -0.869. The van der Waals surface area contributed by atoms with Crippen LogP contribution in [0.1, 0.15) is 44.9 Å². The Morgan fingerprint density at radius 3 is 2.70 bits per heavy atom. The molecule has 0 radical (unpaired) electrons. The Labute approximate surface area is 118 Å². The SMILES string of the molecule is CCC1CC(C(=O)O)C(C(=O)NC(C)c2ccco2)C1. The molecule has 0 bridgehead atoms. The summed E-state index contributed by atoms with van der Waals surface area (Å²) in [7, 11) is 0. The van der Waals surface area contributed by atoms with Gasteiger partial charge in [0.25, 0.3) is 0 Å². The third-order valence-electron chi connectivity index (χ3n) is 4.22. The van der Waals surface area contributed by atoms with Gasteiger partial charge in [-0.3, -0.25) is 9.59 Å². The monoisotopic (exact) mass is 279 g/mol. The molecule has 1 heterocycles. The Hall–Kier alpha value is -1.78. The van der Waals surface area contributed by atoms with Crippen LogP contribution in [-0.4, -0.2) is 17.0 Å². The van der Waals surface area contributed by atoms with E-state index < -0.39 is 17.8 Å². The maximum atomic E-state index is 12.3. The molecule has 0 aliphatic heterocycles. The van der Waals surface area contributed by atoms with Gasteiger partial charge in [-0.05, 0) is 37.8 Å². The molecule has 0 aromatic carbocycles. The van der Waals surface area contributed by atoms with Crippen LogP contribution in [0.25, 0.3) is 0 Å². The first-order valence-corrected chi connectivity index (χ1v) is 7.09. The van der Waals surface area contributed by atoms with Crippen LogP contribution in [0.5, 0.6) is 0 Å². The summed E-state index contributed by atoms with van der Waals surface area (Å²) in [4.78, 5) is 23.6. The minimum Gasteiger partial charge on any atom is -0.481 e. The smallest absolute Gasteiger partial charge is 0.307 e. The van der Waals surface area contributed by atoms with Crippen molar-refractivity contribution in [2.45, 2.75) is 39.2 Å². The number of aliphatic carboxylic acids is 1. The van der Waals surface area contributed by atoms with Gasteiger partial charge in [0.15, 0.2) is 0 Å². The van der Waals surface area contributed by atoms with Gasteiger partial charge in [-0.2, -0.15) is 0 Å². The first-order chi connectivity index (χ1) is 9.52. The molecular weight excluding hydrogens is 258 g/mol. The van der Waals surface area contributed by atoms with E-state index in [0.717, 1.165) is 6.42 Å². The van der Waals surface area contributed by atoms with E-state index in [2.05, 4.69) is 5.32 Å². The third kappa shape index (κ3) is 3.03. The normalized spacial score (nSPS) is 27.2. The van der Waals surface area contributed by atoms with Gasteiger partial charge in [-0.1, -0.05) is 13.3 Å². The highest BCUT2D eigenvalue weighted by Crippen LogP contribution is 2.38. The van der Waals surface area contributed by atoms with Crippen molar-refractivity contribution in [3.63, 3.8) is 0 Å². The Morgan fingerprint density at radius 1 is 1.45 bits per heavy atom. The fourth-order valence-corrected chi connectivity index (χ4v) is 2.97. The predicted molar refractivity (Wildman–Crippen MR) is 72.9 cm³/mol. The Kier molecular flexibility index (Phi) is 4.47. The Morgan fingerprint density at radius 2 is 2.15 bits per heavy atom. The van der Waals surface area contributed by atoms with Crippen LogP contribution in [0.2, 0.25) is 0 Å². The number of amides is 1. The van der Waals surface area contributed by atoms with Gasteiger partial charge >= 0.3 is 5.97 Å². The summed E-state index contributed by atoms with van der Waals surface area (Å²) in [6, 6.07) is 3.32. The molecule has 0 spiro atoms. The fourth-order valence-electron chi connectivity index (χ4n) is 2.97. The van der Waals surface area contributed by atoms with Crippen molar-refractivity contribution in [1.82, 2.24) is 5.32 Å². The highest BCUT2D eigenvalue weighted by molar-refractivity contribution is 5.85. The van der Waals surface area contributed by atoms with Gasteiger partial charge in [0.1, 0.15) is 5.76 Å². The van der Waals surface area contributed by atoms with Crippen molar-refractivity contribution in [3.05, 3.63) is 24.2 Å². The third-order valence-corrected chi connectivity index (χ3v) is 4.22. The highest BCUT2D eigenvalue weighted by atomic mass is 16.4. The van der Waals surface area contributed by atoms with Gasteiger partial charge < -0.3 is 14.8 Å². The van der Waals surface area contributed by atoms with Crippen LogP contribution in [-0.2, 0) is 9.59 Å². The molecule has 1 aromatic rings. The van der Waals surface area contributed by atoms with Gasteiger partial charge in [-0.15, -0.1) is 0 Å². The molecular formula is C15H21NO4. The Balaban J connectivity index is 2.02. The molecule has 1 saturated carbocycles. The summed E-state index contributed by atoms with van der Waals surface area (Å²) >= 11 is 0. The van der Waals surface area contributed by atoms with Crippen molar-refractivity contribution in [3.8, 4) is 0 Å². The maximum absolute atomic E-state index is 12.3. The second-order valence-corrected chi connectivity index (χ2v) is 5.54. The second kappa shape index (κ2) is 6.11. The highest BCUT2D eigenvalue weighted by Gasteiger charge is 2.42. The summed E-state index contributed by atoms with van der Waals surface area (Å²) in [5.74, 6) is -1.05. The lowest BCUT2D eigenvalue weighted by molar-refractivity contribution is -0.146. The number of hydrogen-bond acceptors (Lipinski definition) is 3. The van der Waals surface area contributed by atoms with Crippen LogP contribution < -0.4 is 5.32 Å². The van der Waals surface area contributed by atoms with Gasteiger partial charge in [0, 0.05) is 0 Å². The number of rotatable bonds is 5. The zero-order chi connectivity index (χ0) is 14.7. The average Bonchev–Trinajstić information content (AvgIpc) is 3.07. The molecule has 1 aromatic heterocycles. The van der Waals surface area contributed by atoms with Gasteiger partial charge in [0.2, 0.25) is 5.91 Å². The molecule has 4 unspecified atom stereocenters. The lowest BCUT2D eigenvalue weighted by Gasteiger charge is -2.18. The van der Waals surface area contributed by atoms with E-state index in [0.29, 0.717) is 24.5 Å². The van der Waals surface area contributed by atoms with Crippen LogP contribution in [0, 0.1) is 17.8 Å². The first-order valence-electron chi connectivity index (χ1n) is 7.09. The Bertz CT molecular complexity index is 468. The molecule has 5 heteroatoms. The van der Waals surface area contributed by atoms with E-state index in [1.165, 1.54) is 0 Å². The largest absolute Gasteiger partial charge is 0.481 e. The van der Waals surface area contributed by atoms with Crippen LogP contribution >= 0.6 is 0 Å². The zero-order valence-corrected chi connectivity index (χ0v) is 11.8. The zero-order valence-electron chi connectivity index (χ0n) is 11.8. The van der Waals surface area contributed by atoms with Gasteiger partial charge in [-0.25, -0.2) is 0 Å². The molecule has 1 aliphatic carbocycles. The summed E-state index contributed by atoms with van der Waals surface area (Å²) in [6.07, 6.45) is 3.73. The van der Waals surface area contributed by atoms with Crippen LogP contribution in [0.4, 0.5) is 0 Å². The summed E-state index contributed by atoms with van der Waals surface area (Å²) < 4.78 is 5.24. The molecule has 110 valence electrons. The summed E-state index contributed by atoms with van der Waals surface area (Å²) in [5.41, 5.74) is 0. The van der Waals surface area contributed by atoms with Crippen molar-refractivity contribution in [1.29, 1.82) is 0 Å². The number of nitrogens with one attached hydrogen (secondary N) is 1. The first kappa shape index (κ1) is 14.6. The number of carbonyl (C=O) groups is 2. The molecule has 1 aliphatic rings. The van der Waals surface area contributed by atoms with Crippen molar-refractivity contribution in [2.75, 3.05) is 0 Å². The van der Waals surface area contributed by atoms with Crippen LogP contribution in [0.15, 0.2) is 22.8 Å². The topological polar surface area (TPSA) is 79.5 Å². The molecule has 5 nitrogen and oxygen atoms in total. The van der Waals surface area contributed by atoms with E-state index in [-0.39, 0.29) is 11.9 Å². The minimum absolute atomic E-state index is 0.183. The number of furan rings is 1. The molecule has 1 amide bonds. The van der Waals surface area contributed by atoms with E-state index in [9.17, 15) is 14.7 Å². The molecule has 2 N–H and O–H groups in total. The van der Waals surface area contributed by atoms with Crippen molar-refractivity contribution < 1.29 is 19.1 Å². The lowest BCUT2D eigenvalue weighted by Crippen LogP contribution is -2.36. The quantitative estimate of drug-likeness (QED) is 0.868. The number of carboxylic acid groups (broad SMARTS) is 1. The average molecular weight is 279 g/mol. The fraction of sp³-hybridized carbons (Fsp3) is 0.600. The molecule has 20 heavy (non-hydrogen) atoms. The molecule has 0 saturated heterocycles. The van der Waals surface area contributed by atoms with Crippen molar-refractivity contribution >= 4 is 11.9 Å². The number of hydrogen-bond donors (Lipinski definition) is 2. The van der Waals surface area contributed by atoms with E-state index in [1.807, 2.05) is 13.8 Å². The maximum Gasteiger partial charge on any atom is 0.307 e. The number of carboxylic acids is 1. The lowest BCUT2D eigenvalue weighted by atomic mass is 9.95. The second-order valence-electron chi connectivity index (χ2n) is 5.54. The van der Waals surface area contributed by atoms with E-state index in [4.69, 9.17) is 4.42 Å². The summed E-state index contributed by atoms with van der Waals surface area (Å²) in [6.45, 7) is 3.87. The number of carbonyl (C=O) groups excluding carboxylic acids is 1. The van der Waals surface area contributed by atoms with Crippen molar-refractivity contribution in [2.24, 2.45) is 17.8 Å². The molecule has 4 atom stereocenters. The molecule has 1 fully saturated rings. The van der Waals surface area contributed by atoms with E-state index >= 15 is 0 Å². The van der Waals surface area contributed by atoms with Gasteiger partial charge in [0.05, 0.1) is 24.1 Å². The molecule has 2 rings (SSSR count). The van der Waals surface area contributed by atoms with Crippen LogP contribution in [0.3, 0.4) is 0 Å². The van der Waals surface area contributed by atoms with E-state index in [1.54, 1.807) is 18.4 Å². The standard InChI is InChI=1S/C15H21NO4/c1-3-10-7-11(12(8-10)15(18)19)14(17)16-9(2)13-5-4-6-20-13/h4-6,9-12H,3,7-8H2,1-2H3,(H,16,17)(H,18,19). The predicted octanol–water partition coefficient (Wildman–Crippen LogP) is 2.59. The summed E-state index contributed by atoms with van der Waals surface area (Å²) in [5, 5.41) is 12.1.